The van der Waals surface area contributed by atoms with Gasteiger partial charge in [0, 0.05) is 12.2 Å². The number of benzene rings is 2. The number of carbonyl (C=O) groups excluding carboxylic acids is 2. The third-order valence-corrected chi connectivity index (χ3v) is 4.57. The molecule has 2 aromatic carbocycles. The maximum absolute atomic E-state index is 13.2. The maximum Gasteiger partial charge on any atom is 0.240 e. The second kappa shape index (κ2) is 7.56. The van der Waals surface area contributed by atoms with E-state index in [1.54, 1.807) is 13.2 Å². The molecule has 6 heteroatoms. The van der Waals surface area contributed by atoms with Crippen LogP contribution in [0.2, 0.25) is 0 Å². The van der Waals surface area contributed by atoms with Gasteiger partial charge in [-0.3, -0.25) is 9.59 Å². The van der Waals surface area contributed by atoms with Crippen molar-refractivity contribution in [2.75, 3.05) is 19.0 Å². The Bertz CT molecular complexity index is 818. The Morgan fingerprint density at radius 1 is 1.12 bits per heavy atom. The molecule has 0 heterocycles. The van der Waals surface area contributed by atoms with E-state index in [2.05, 4.69) is 10.6 Å². The number of methoxy groups -OCH3 is 1. The number of hydrogen-bond donors (Lipinski definition) is 2. The van der Waals surface area contributed by atoms with Crippen LogP contribution < -0.4 is 15.4 Å². The summed E-state index contributed by atoms with van der Waals surface area (Å²) in [6, 6.07) is 13.2. The summed E-state index contributed by atoms with van der Waals surface area (Å²) in [6.45, 7) is 0.411. The Morgan fingerprint density at radius 2 is 1.88 bits per heavy atom. The SMILES string of the molecule is COc1ccccc1CCNC(=O)C1(C(=O)Nc2cccc(F)c2)CC1. The first kappa shape index (κ1) is 17.9. The summed E-state index contributed by atoms with van der Waals surface area (Å²) in [6.07, 6.45) is 1.60. The summed E-state index contributed by atoms with van der Waals surface area (Å²) in [5.41, 5.74) is 0.292. The molecule has 0 atom stereocenters. The normalized spacial score (nSPS) is 14.4. The van der Waals surface area contributed by atoms with Gasteiger partial charge >= 0.3 is 0 Å². The lowest BCUT2D eigenvalue weighted by Gasteiger charge is -2.16. The van der Waals surface area contributed by atoms with Gasteiger partial charge in [0.05, 0.1) is 7.11 Å². The molecule has 0 bridgehead atoms. The van der Waals surface area contributed by atoms with Crippen molar-refractivity contribution in [1.82, 2.24) is 5.32 Å². The summed E-state index contributed by atoms with van der Waals surface area (Å²) in [4.78, 5) is 25.0. The van der Waals surface area contributed by atoms with E-state index in [1.807, 2.05) is 24.3 Å². The number of ether oxygens (including phenoxy) is 1. The van der Waals surface area contributed by atoms with E-state index < -0.39 is 17.1 Å². The van der Waals surface area contributed by atoms with Crippen LogP contribution in [-0.4, -0.2) is 25.5 Å². The van der Waals surface area contributed by atoms with Gasteiger partial charge in [0.2, 0.25) is 11.8 Å². The minimum Gasteiger partial charge on any atom is -0.496 e. The highest BCUT2D eigenvalue weighted by Gasteiger charge is 2.56. The van der Waals surface area contributed by atoms with Crippen LogP contribution in [0.1, 0.15) is 18.4 Å². The first-order valence-corrected chi connectivity index (χ1v) is 8.52. The van der Waals surface area contributed by atoms with Crippen molar-refractivity contribution >= 4 is 17.5 Å². The first-order chi connectivity index (χ1) is 12.5. The number of rotatable bonds is 7. The largest absolute Gasteiger partial charge is 0.496 e. The summed E-state index contributed by atoms with van der Waals surface area (Å²) in [5, 5.41) is 5.47. The molecule has 2 aromatic rings. The number of nitrogens with one attached hydrogen (secondary N) is 2. The molecule has 0 unspecified atom stereocenters. The van der Waals surface area contributed by atoms with Crippen molar-refractivity contribution in [3.8, 4) is 5.75 Å². The van der Waals surface area contributed by atoms with Crippen molar-refractivity contribution in [1.29, 1.82) is 0 Å². The minimum absolute atomic E-state index is 0.290. The van der Waals surface area contributed by atoms with E-state index in [-0.39, 0.29) is 5.91 Å². The molecular weight excluding hydrogens is 335 g/mol. The number of amides is 2. The van der Waals surface area contributed by atoms with Crippen LogP contribution in [0.5, 0.6) is 5.75 Å². The molecule has 0 aromatic heterocycles. The van der Waals surface area contributed by atoms with Gasteiger partial charge in [-0.05, 0) is 49.1 Å². The van der Waals surface area contributed by atoms with Gasteiger partial charge in [0.25, 0.3) is 0 Å². The molecule has 2 amide bonds. The molecule has 0 spiro atoms. The van der Waals surface area contributed by atoms with E-state index in [0.717, 1.165) is 11.3 Å². The summed E-state index contributed by atoms with van der Waals surface area (Å²) in [5.74, 6) is -0.347. The molecule has 0 aliphatic heterocycles. The fourth-order valence-corrected chi connectivity index (χ4v) is 2.89. The highest BCUT2D eigenvalue weighted by molar-refractivity contribution is 6.13. The zero-order valence-corrected chi connectivity index (χ0v) is 14.5. The molecule has 1 aliphatic carbocycles. The quantitative estimate of drug-likeness (QED) is 0.750. The highest BCUT2D eigenvalue weighted by atomic mass is 19.1. The lowest BCUT2D eigenvalue weighted by molar-refractivity contribution is -0.134. The van der Waals surface area contributed by atoms with Gasteiger partial charge in [0.15, 0.2) is 0 Å². The molecule has 0 saturated heterocycles. The summed E-state index contributed by atoms with van der Waals surface area (Å²) >= 11 is 0. The monoisotopic (exact) mass is 356 g/mol. The average Bonchev–Trinajstić information content (AvgIpc) is 3.44. The van der Waals surface area contributed by atoms with Crippen molar-refractivity contribution in [3.63, 3.8) is 0 Å². The molecular formula is C20H21FN2O3. The van der Waals surface area contributed by atoms with Crippen LogP contribution in [0.15, 0.2) is 48.5 Å². The van der Waals surface area contributed by atoms with Gasteiger partial charge < -0.3 is 15.4 Å². The average molecular weight is 356 g/mol. The van der Waals surface area contributed by atoms with Crippen LogP contribution in [-0.2, 0) is 16.0 Å². The fraction of sp³-hybridized carbons (Fsp3) is 0.300. The second-order valence-electron chi connectivity index (χ2n) is 6.36. The van der Waals surface area contributed by atoms with Gasteiger partial charge in [0.1, 0.15) is 17.0 Å². The number of hydrogen-bond acceptors (Lipinski definition) is 3. The van der Waals surface area contributed by atoms with E-state index in [0.29, 0.717) is 31.5 Å². The Labute approximate surface area is 151 Å². The molecule has 26 heavy (non-hydrogen) atoms. The van der Waals surface area contributed by atoms with Gasteiger partial charge in [-0.1, -0.05) is 24.3 Å². The standard InChI is InChI=1S/C20H21FN2O3/c1-26-17-8-3-2-5-14(17)9-12-22-18(24)20(10-11-20)19(25)23-16-7-4-6-15(21)13-16/h2-8,13H,9-12H2,1H3,(H,22,24)(H,23,25). The van der Waals surface area contributed by atoms with E-state index in [9.17, 15) is 14.0 Å². The zero-order valence-electron chi connectivity index (χ0n) is 14.5. The van der Waals surface area contributed by atoms with E-state index >= 15 is 0 Å². The van der Waals surface area contributed by atoms with Gasteiger partial charge in [-0.15, -0.1) is 0 Å². The number of anilines is 1. The lowest BCUT2D eigenvalue weighted by Crippen LogP contribution is -2.40. The predicted octanol–water partition coefficient (Wildman–Crippen LogP) is 2.91. The molecule has 3 rings (SSSR count). The fourth-order valence-electron chi connectivity index (χ4n) is 2.89. The maximum atomic E-state index is 13.2. The summed E-state index contributed by atoms with van der Waals surface area (Å²) in [7, 11) is 1.60. The van der Waals surface area contributed by atoms with E-state index in [1.165, 1.54) is 18.2 Å². The van der Waals surface area contributed by atoms with Crippen LogP contribution in [0.3, 0.4) is 0 Å². The molecule has 1 aliphatic rings. The first-order valence-electron chi connectivity index (χ1n) is 8.52. The Morgan fingerprint density at radius 3 is 2.58 bits per heavy atom. The molecule has 136 valence electrons. The number of carbonyl (C=O) groups is 2. The highest BCUT2D eigenvalue weighted by Crippen LogP contribution is 2.46. The third-order valence-electron chi connectivity index (χ3n) is 4.57. The van der Waals surface area contributed by atoms with Crippen molar-refractivity contribution in [3.05, 3.63) is 59.9 Å². The molecule has 0 radical (unpaired) electrons. The van der Waals surface area contributed by atoms with Crippen LogP contribution in [0.25, 0.3) is 0 Å². The zero-order chi connectivity index (χ0) is 18.6. The topological polar surface area (TPSA) is 67.4 Å². The van der Waals surface area contributed by atoms with Crippen LogP contribution in [0.4, 0.5) is 10.1 Å². The van der Waals surface area contributed by atoms with Gasteiger partial charge in [-0.2, -0.15) is 0 Å². The van der Waals surface area contributed by atoms with Crippen molar-refractivity contribution < 1.29 is 18.7 Å². The van der Waals surface area contributed by atoms with E-state index in [4.69, 9.17) is 4.74 Å². The molecule has 5 nitrogen and oxygen atoms in total. The third kappa shape index (κ3) is 3.85. The minimum atomic E-state index is -1.05. The smallest absolute Gasteiger partial charge is 0.240 e. The molecule has 1 fully saturated rings. The lowest BCUT2D eigenvalue weighted by atomic mass is 10.0. The number of halogens is 1. The number of para-hydroxylation sites is 1. The predicted molar refractivity (Wildman–Crippen MR) is 96.4 cm³/mol. The van der Waals surface area contributed by atoms with Crippen LogP contribution in [0, 0.1) is 11.2 Å². The van der Waals surface area contributed by atoms with Crippen molar-refractivity contribution in [2.24, 2.45) is 5.41 Å². The summed E-state index contributed by atoms with van der Waals surface area (Å²) < 4.78 is 18.5. The van der Waals surface area contributed by atoms with Crippen molar-refractivity contribution in [2.45, 2.75) is 19.3 Å². The molecule has 1 saturated carbocycles. The van der Waals surface area contributed by atoms with Gasteiger partial charge in [-0.25, -0.2) is 4.39 Å². The molecule has 2 N–H and O–H groups in total. The Hall–Kier alpha value is -2.89. The van der Waals surface area contributed by atoms with Crippen LogP contribution >= 0.6 is 0 Å². The second-order valence-corrected chi connectivity index (χ2v) is 6.36. The Balaban J connectivity index is 1.56. The Kier molecular flexibility index (Phi) is 5.21.